The maximum absolute atomic E-state index is 11.7. The van der Waals surface area contributed by atoms with Gasteiger partial charge in [-0.1, -0.05) is 11.6 Å². The summed E-state index contributed by atoms with van der Waals surface area (Å²) < 4.78 is 0. The summed E-state index contributed by atoms with van der Waals surface area (Å²) in [5.74, 6) is -0.538. The average molecular weight is 267 g/mol. The summed E-state index contributed by atoms with van der Waals surface area (Å²) in [6, 6.07) is 4.12. The van der Waals surface area contributed by atoms with Crippen LogP contribution >= 0.6 is 11.6 Å². The number of rotatable bonds is 2. The molecule has 8 heteroatoms. The van der Waals surface area contributed by atoms with E-state index < -0.39 is 17.2 Å². The Bertz CT molecular complexity index is 678. The van der Waals surface area contributed by atoms with Gasteiger partial charge in [-0.15, -0.1) is 0 Å². The molecule has 0 unspecified atom stereocenters. The molecule has 2 aromatic heterocycles. The van der Waals surface area contributed by atoms with Gasteiger partial charge < -0.3 is 10.3 Å². The minimum absolute atomic E-state index is 0.144. The van der Waals surface area contributed by atoms with Crippen LogP contribution in [0.3, 0.4) is 0 Å². The van der Waals surface area contributed by atoms with Crippen LogP contribution in [0.5, 0.6) is 0 Å². The first-order valence-corrected chi connectivity index (χ1v) is 5.19. The van der Waals surface area contributed by atoms with E-state index in [4.69, 9.17) is 11.6 Å². The third-order valence-corrected chi connectivity index (χ3v) is 2.30. The van der Waals surface area contributed by atoms with E-state index in [9.17, 15) is 14.4 Å². The third-order valence-electron chi connectivity index (χ3n) is 2.00. The lowest BCUT2D eigenvalue weighted by Gasteiger charge is -2.04. The van der Waals surface area contributed by atoms with Gasteiger partial charge in [-0.3, -0.25) is 14.6 Å². The number of nitrogens with zero attached hydrogens (tertiary/aromatic N) is 1. The predicted molar refractivity (Wildman–Crippen MR) is 64.9 cm³/mol. The fourth-order valence-electron chi connectivity index (χ4n) is 1.24. The Balaban J connectivity index is 2.30. The second-order valence-corrected chi connectivity index (χ2v) is 3.70. The maximum atomic E-state index is 11.7. The van der Waals surface area contributed by atoms with Gasteiger partial charge in [0.15, 0.2) is 5.82 Å². The van der Waals surface area contributed by atoms with Crippen molar-refractivity contribution in [3.8, 4) is 0 Å². The van der Waals surface area contributed by atoms with Crippen LogP contribution in [0.2, 0.25) is 5.02 Å². The highest BCUT2D eigenvalue weighted by atomic mass is 35.5. The fourth-order valence-corrected chi connectivity index (χ4v) is 1.41. The number of nitrogens with one attached hydrogen (secondary N) is 3. The minimum atomic E-state index is -0.764. The number of carbonyl (C=O) groups is 1. The van der Waals surface area contributed by atoms with Gasteiger partial charge in [0.1, 0.15) is 5.69 Å². The molecule has 0 aliphatic carbocycles. The molecule has 7 nitrogen and oxygen atoms in total. The van der Waals surface area contributed by atoms with Gasteiger partial charge in [0, 0.05) is 12.3 Å². The Morgan fingerprint density at radius 1 is 1.33 bits per heavy atom. The lowest BCUT2D eigenvalue weighted by Crippen LogP contribution is -2.27. The van der Waals surface area contributed by atoms with E-state index in [0.29, 0.717) is 0 Å². The molecule has 0 spiro atoms. The smallest absolute Gasteiger partial charge is 0.304 e. The Hall–Kier alpha value is -2.41. The number of carbonyl (C=O) groups excluding carboxylic acids is 1. The zero-order chi connectivity index (χ0) is 13.1. The summed E-state index contributed by atoms with van der Waals surface area (Å²) in [5, 5.41) is 2.62. The molecule has 0 fully saturated rings. The topological polar surface area (TPSA) is 108 Å². The molecule has 92 valence electrons. The summed E-state index contributed by atoms with van der Waals surface area (Å²) in [6.45, 7) is 0. The van der Waals surface area contributed by atoms with Crippen molar-refractivity contribution in [1.29, 1.82) is 0 Å². The first-order chi connectivity index (χ1) is 8.56. The van der Waals surface area contributed by atoms with E-state index in [1.807, 2.05) is 4.98 Å². The number of aromatic nitrogens is 3. The van der Waals surface area contributed by atoms with Crippen molar-refractivity contribution in [2.24, 2.45) is 0 Å². The van der Waals surface area contributed by atoms with Crippen LogP contribution in [0.4, 0.5) is 5.82 Å². The van der Waals surface area contributed by atoms with E-state index in [2.05, 4.69) is 15.3 Å². The maximum Gasteiger partial charge on any atom is 0.326 e. The highest BCUT2D eigenvalue weighted by molar-refractivity contribution is 6.33. The number of H-pyrrole nitrogens is 2. The van der Waals surface area contributed by atoms with E-state index in [1.165, 1.54) is 6.20 Å². The summed E-state index contributed by atoms with van der Waals surface area (Å²) in [4.78, 5) is 41.8. The first kappa shape index (κ1) is 12.1. The standard InChI is InChI=1S/C10H7ClN4O3/c11-5-2-1-3-12-8(5)15-9(17)6-4-7(16)14-10(18)13-6/h1-4H,(H,12,15,17)(H2,13,14,16,18). The third kappa shape index (κ3) is 2.64. The molecule has 2 rings (SSSR count). The molecule has 2 heterocycles. The minimum Gasteiger partial charge on any atom is -0.304 e. The zero-order valence-electron chi connectivity index (χ0n) is 8.86. The molecule has 0 aliphatic heterocycles. The van der Waals surface area contributed by atoms with Crippen molar-refractivity contribution in [1.82, 2.24) is 15.0 Å². The Morgan fingerprint density at radius 2 is 2.11 bits per heavy atom. The number of hydrogen-bond donors (Lipinski definition) is 3. The van der Waals surface area contributed by atoms with Gasteiger partial charge in [-0.25, -0.2) is 9.78 Å². The molecule has 0 saturated heterocycles. The lowest BCUT2D eigenvalue weighted by molar-refractivity contribution is 0.102. The highest BCUT2D eigenvalue weighted by Crippen LogP contribution is 2.17. The Morgan fingerprint density at radius 3 is 2.78 bits per heavy atom. The van der Waals surface area contributed by atoms with E-state index in [1.54, 1.807) is 12.1 Å². The summed E-state index contributed by atoms with van der Waals surface area (Å²) in [7, 11) is 0. The van der Waals surface area contributed by atoms with Crippen molar-refractivity contribution in [3.63, 3.8) is 0 Å². The molecule has 18 heavy (non-hydrogen) atoms. The van der Waals surface area contributed by atoms with Gasteiger partial charge in [0.2, 0.25) is 0 Å². The molecule has 0 atom stereocenters. The number of amides is 1. The molecule has 0 bridgehead atoms. The molecule has 2 aromatic rings. The van der Waals surface area contributed by atoms with Crippen LogP contribution in [0.1, 0.15) is 10.5 Å². The molecular weight excluding hydrogens is 260 g/mol. The van der Waals surface area contributed by atoms with Gasteiger partial charge >= 0.3 is 5.69 Å². The van der Waals surface area contributed by atoms with Gasteiger partial charge in [0.05, 0.1) is 5.02 Å². The molecule has 1 amide bonds. The Labute approximate surface area is 105 Å². The molecule has 0 saturated carbocycles. The van der Waals surface area contributed by atoms with Crippen LogP contribution in [0, 0.1) is 0 Å². The summed E-state index contributed by atoms with van der Waals surface area (Å²) in [5.41, 5.74) is -1.61. The number of anilines is 1. The largest absolute Gasteiger partial charge is 0.326 e. The molecule has 0 aromatic carbocycles. The monoisotopic (exact) mass is 266 g/mol. The fraction of sp³-hybridized carbons (Fsp3) is 0. The van der Waals surface area contributed by atoms with Crippen molar-refractivity contribution < 1.29 is 4.79 Å². The summed E-state index contributed by atoms with van der Waals surface area (Å²) in [6.07, 6.45) is 1.45. The highest BCUT2D eigenvalue weighted by Gasteiger charge is 2.10. The van der Waals surface area contributed by atoms with Gasteiger partial charge in [0.25, 0.3) is 11.5 Å². The molecule has 0 radical (unpaired) electrons. The van der Waals surface area contributed by atoms with Gasteiger partial charge in [-0.05, 0) is 12.1 Å². The summed E-state index contributed by atoms with van der Waals surface area (Å²) >= 11 is 5.80. The van der Waals surface area contributed by atoms with E-state index >= 15 is 0 Å². The van der Waals surface area contributed by atoms with Crippen molar-refractivity contribution in [3.05, 3.63) is 56.0 Å². The predicted octanol–water partition coefficient (Wildman–Crippen LogP) is 0.364. The van der Waals surface area contributed by atoms with Crippen LogP contribution < -0.4 is 16.6 Å². The van der Waals surface area contributed by atoms with E-state index in [-0.39, 0.29) is 16.5 Å². The van der Waals surface area contributed by atoms with Gasteiger partial charge in [-0.2, -0.15) is 0 Å². The lowest BCUT2D eigenvalue weighted by atomic mass is 10.3. The first-order valence-electron chi connectivity index (χ1n) is 4.82. The van der Waals surface area contributed by atoms with Crippen LogP contribution in [0.15, 0.2) is 34.0 Å². The molecular formula is C10H7ClN4O3. The number of pyridine rings is 1. The molecule has 0 aliphatic rings. The van der Waals surface area contributed by atoms with Crippen molar-refractivity contribution in [2.75, 3.05) is 5.32 Å². The van der Waals surface area contributed by atoms with Crippen molar-refractivity contribution in [2.45, 2.75) is 0 Å². The van der Waals surface area contributed by atoms with Crippen LogP contribution in [-0.4, -0.2) is 20.9 Å². The Kier molecular flexibility index (Phi) is 3.24. The van der Waals surface area contributed by atoms with Crippen LogP contribution in [-0.2, 0) is 0 Å². The molecule has 3 N–H and O–H groups in total. The zero-order valence-corrected chi connectivity index (χ0v) is 9.62. The van der Waals surface area contributed by atoms with E-state index in [0.717, 1.165) is 6.07 Å². The quantitative estimate of drug-likeness (QED) is 0.729. The van der Waals surface area contributed by atoms with Crippen molar-refractivity contribution >= 4 is 23.3 Å². The van der Waals surface area contributed by atoms with Crippen LogP contribution in [0.25, 0.3) is 0 Å². The second kappa shape index (κ2) is 4.84. The SMILES string of the molecule is O=C(Nc1ncccc1Cl)c1cc(=O)[nH]c(=O)[nH]1. The number of aromatic amines is 2. The average Bonchev–Trinajstić information content (AvgIpc) is 2.31. The number of halogens is 1. The second-order valence-electron chi connectivity index (χ2n) is 3.29. The number of hydrogen-bond acceptors (Lipinski definition) is 4. The normalized spacial score (nSPS) is 10.1.